The Bertz CT molecular complexity index is 352. The smallest absolute Gasteiger partial charge is 0.401 e. The van der Waals surface area contributed by atoms with Crippen LogP contribution in [-0.4, -0.2) is 19.8 Å². The second-order valence-electron chi connectivity index (χ2n) is 3.70. The minimum Gasteiger partial charge on any atom is -0.496 e. The van der Waals surface area contributed by atoms with Gasteiger partial charge in [-0.05, 0) is 12.5 Å². The Balaban J connectivity index is 2.79. The first kappa shape index (κ1) is 13.8. The van der Waals surface area contributed by atoms with Gasteiger partial charge < -0.3 is 10.1 Å². The first-order valence-corrected chi connectivity index (χ1v) is 5.41. The van der Waals surface area contributed by atoms with Crippen LogP contribution < -0.4 is 10.1 Å². The first-order chi connectivity index (χ1) is 7.98. The van der Waals surface area contributed by atoms with E-state index in [0.29, 0.717) is 12.2 Å². The lowest BCUT2D eigenvalue weighted by atomic mass is 10.0. The van der Waals surface area contributed by atoms with Crippen molar-refractivity contribution in [3.8, 4) is 5.75 Å². The van der Waals surface area contributed by atoms with E-state index in [0.717, 1.165) is 5.56 Å². The van der Waals surface area contributed by atoms with E-state index in [9.17, 15) is 13.2 Å². The summed E-state index contributed by atoms with van der Waals surface area (Å²) in [5.41, 5.74) is 0.752. The van der Waals surface area contributed by atoms with E-state index in [1.54, 1.807) is 24.3 Å². The van der Waals surface area contributed by atoms with Gasteiger partial charge in [-0.2, -0.15) is 13.2 Å². The predicted molar refractivity (Wildman–Crippen MR) is 60.1 cm³/mol. The van der Waals surface area contributed by atoms with Crippen molar-refractivity contribution in [2.75, 3.05) is 13.7 Å². The summed E-state index contributed by atoms with van der Waals surface area (Å²) in [6.07, 6.45) is -3.63. The molecule has 0 saturated carbocycles. The number of para-hydroxylation sites is 1. The maximum Gasteiger partial charge on any atom is 0.401 e. The number of rotatable bonds is 5. The summed E-state index contributed by atoms with van der Waals surface area (Å²) in [5.74, 6) is 0.606. The summed E-state index contributed by atoms with van der Waals surface area (Å²) in [4.78, 5) is 0. The molecule has 1 rings (SSSR count). The fourth-order valence-electron chi connectivity index (χ4n) is 1.67. The Labute approximate surface area is 98.8 Å². The van der Waals surface area contributed by atoms with E-state index in [-0.39, 0.29) is 6.04 Å². The number of halogens is 3. The zero-order valence-electron chi connectivity index (χ0n) is 9.84. The lowest BCUT2D eigenvalue weighted by molar-refractivity contribution is -0.126. The van der Waals surface area contributed by atoms with Gasteiger partial charge >= 0.3 is 6.18 Å². The molecule has 0 aliphatic carbocycles. The fourth-order valence-corrected chi connectivity index (χ4v) is 1.67. The lowest BCUT2D eigenvalue weighted by Crippen LogP contribution is -2.32. The Morgan fingerprint density at radius 2 is 1.94 bits per heavy atom. The van der Waals surface area contributed by atoms with E-state index < -0.39 is 12.7 Å². The highest BCUT2D eigenvalue weighted by molar-refractivity contribution is 5.35. The van der Waals surface area contributed by atoms with Gasteiger partial charge in [-0.15, -0.1) is 0 Å². The van der Waals surface area contributed by atoms with Gasteiger partial charge in [-0.3, -0.25) is 0 Å². The number of alkyl halides is 3. The molecule has 0 bridgehead atoms. The third-order valence-corrected chi connectivity index (χ3v) is 2.47. The second-order valence-corrected chi connectivity index (χ2v) is 3.70. The second kappa shape index (κ2) is 5.91. The van der Waals surface area contributed by atoms with Gasteiger partial charge in [0.15, 0.2) is 0 Å². The van der Waals surface area contributed by atoms with Crippen LogP contribution in [0.15, 0.2) is 24.3 Å². The predicted octanol–water partition coefficient (Wildman–Crippen LogP) is 3.30. The van der Waals surface area contributed by atoms with Gasteiger partial charge in [0.1, 0.15) is 5.75 Å². The molecule has 0 aromatic heterocycles. The van der Waals surface area contributed by atoms with Crippen LogP contribution in [0.25, 0.3) is 0 Å². The van der Waals surface area contributed by atoms with Crippen molar-refractivity contribution < 1.29 is 17.9 Å². The summed E-state index contributed by atoms with van der Waals surface area (Å²) in [6, 6.07) is 6.74. The highest BCUT2D eigenvalue weighted by atomic mass is 19.4. The van der Waals surface area contributed by atoms with Gasteiger partial charge in [0.25, 0.3) is 0 Å². The minimum absolute atomic E-state index is 0.354. The van der Waals surface area contributed by atoms with Crippen molar-refractivity contribution in [1.29, 1.82) is 0 Å². The van der Waals surface area contributed by atoms with Crippen molar-refractivity contribution >= 4 is 0 Å². The average molecular weight is 247 g/mol. The maximum atomic E-state index is 12.2. The molecular formula is C12H16F3NO. The first-order valence-electron chi connectivity index (χ1n) is 5.41. The van der Waals surface area contributed by atoms with E-state index in [2.05, 4.69) is 5.32 Å². The third-order valence-electron chi connectivity index (χ3n) is 2.47. The SMILES string of the molecule is CCC(NCC(F)(F)F)c1ccccc1OC. The molecule has 1 aromatic rings. The summed E-state index contributed by atoms with van der Waals surface area (Å²) in [5, 5.41) is 2.50. The molecular weight excluding hydrogens is 231 g/mol. The lowest BCUT2D eigenvalue weighted by Gasteiger charge is -2.20. The molecule has 0 amide bonds. The number of methoxy groups -OCH3 is 1. The van der Waals surface area contributed by atoms with E-state index in [4.69, 9.17) is 4.74 Å². The van der Waals surface area contributed by atoms with Crippen LogP contribution in [0.3, 0.4) is 0 Å². The molecule has 0 heterocycles. The number of hydrogen-bond acceptors (Lipinski definition) is 2. The molecule has 0 radical (unpaired) electrons. The minimum atomic E-state index is -4.20. The van der Waals surface area contributed by atoms with Crippen LogP contribution in [0.2, 0.25) is 0 Å². The molecule has 1 aromatic carbocycles. The van der Waals surface area contributed by atoms with E-state index >= 15 is 0 Å². The molecule has 0 fully saturated rings. The van der Waals surface area contributed by atoms with Gasteiger partial charge in [-0.1, -0.05) is 25.1 Å². The molecule has 1 N–H and O–H groups in total. The number of ether oxygens (including phenoxy) is 1. The maximum absolute atomic E-state index is 12.2. The number of hydrogen-bond donors (Lipinski definition) is 1. The van der Waals surface area contributed by atoms with E-state index in [1.165, 1.54) is 7.11 Å². The Hall–Kier alpha value is -1.23. The van der Waals surface area contributed by atoms with Gasteiger partial charge in [0, 0.05) is 11.6 Å². The van der Waals surface area contributed by atoms with Crippen LogP contribution in [0.1, 0.15) is 24.9 Å². The number of nitrogens with one attached hydrogen (secondary N) is 1. The van der Waals surface area contributed by atoms with Crippen LogP contribution >= 0.6 is 0 Å². The van der Waals surface area contributed by atoms with Gasteiger partial charge in [-0.25, -0.2) is 0 Å². The summed E-state index contributed by atoms with van der Waals surface area (Å²) in [7, 11) is 1.51. The highest BCUT2D eigenvalue weighted by Crippen LogP contribution is 2.27. The third kappa shape index (κ3) is 4.26. The molecule has 0 saturated heterocycles. The molecule has 0 aliphatic heterocycles. The molecule has 17 heavy (non-hydrogen) atoms. The van der Waals surface area contributed by atoms with Crippen molar-refractivity contribution in [3.05, 3.63) is 29.8 Å². The standard InChI is InChI=1S/C12H16F3NO/c1-3-10(16-8-12(13,14)15)9-6-4-5-7-11(9)17-2/h4-7,10,16H,3,8H2,1-2H3. The highest BCUT2D eigenvalue weighted by Gasteiger charge is 2.28. The zero-order chi connectivity index (χ0) is 12.9. The van der Waals surface area contributed by atoms with Crippen molar-refractivity contribution in [2.45, 2.75) is 25.6 Å². The summed E-state index contributed by atoms with van der Waals surface area (Å²) < 4.78 is 41.6. The fraction of sp³-hybridized carbons (Fsp3) is 0.500. The van der Waals surface area contributed by atoms with Gasteiger partial charge in [0.05, 0.1) is 13.7 Å². The van der Waals surface area contributed by atoms with Crippen molar-refractivity contribution in [2.24, 2.45) is 0 Å². The molecule has 0 spiro atoms. The average Bonchev–Trinajstić information content (AvgIpc) is 2.29. The summed E-state index contributed by atoms with van der Waals surface area (Å²) in [6.45, 7) is 0.837. The topological polar surface area (TPSA) is 21.3 Å². The molecule has 5 heteroatoms. The van der Waals surface area contributed by atoms with Crippen molar-refractivity contribution in [3.63, 3.8) is 0 Å². The van der Waals surface area contributed by atoms with Crippen LogP contribution in [-0.2, 0) is 0 Å². The quantitative estimate of drug-likeness (QED) is 0.862. The molecule has 1 atom stereocenters. The molecule has 2 nitrogen and oxygen atoms in total. The summed E-state index contributed by atoms with van der Waals surface area (Å²) >= 11 is 0. The van der Waals surface area contributed by atoms with Gasteiger partial charge in [0.2, 0.25) is 0 Å². The van der Waals surface area contributed by atoms with Crippen LogP contribution in [0, 0.1) is 0 Å². The zero-order valence-corrected chi connectivity index (χ0v) is 9.84. The molecule has 96 valence electrons. The Kier molecular flexibility index (Phi) is 4.81. The van der Waals surface area contributed by atoms with Crippen LogP contribution in [0.5, 0.6) is 5.75 Å². The molecule has 1 unspecified atom stereocenters. The molecule has 0 aliphatic rings. The Morgan fingerprint density at radius 3 is 2.47 bits per heavy atom. The number of benzene rings is 1. The van der Waals surface area contributed by atoms with Crippen LogP contribution in [0.4, 0.5) is 13.2 Å². The van der Waals surface area contributed by atoms with Crippen molar-refractivity contribution in [1.82, 2.24) is 5.32 Å². The van der Waals surface area contributed by atoms with E-state index in [1.807, 2.05) is 6.92 Å². The normalized spacial score (nSPS) is 13.5. The largest absolute Gasteiger partial charge is 0.496 e. The monoisotopic (exact) mass is 247 g/mol. The Morgan fingerprint density at radius 1 is 1.29 bits per heavy atom.